The summed E-state index contributed by atoms with van der Waals surface area (Å²) in [7, 11) is 0. The summed E-state index contributed by atoms with van der Waals surface area (Å²) in [4.78, 5) is 0. The number of aliphatic hydroxyl groups is 2. The molecule has 0 bridgehead atoms. The standard InChI is InChI=1S/C18H36O2/c1-5-7-9-11-13-17(3,19)15-16-18(4,20)14-12-10-8-6-2/h15-16,19-20H,5-14H2,1-4H3. The molecule has 0 aliphatic heterocycles. The third-order valence-corrected chi connectivity index (χ3v) is 3.87. The highest BCUT2D eigenvalue weighted by atomic mass is 16.3. The summed E-state index contributed by atoms with van der Waals surface area (Å²) < 4.78 is 0. The Kier molecular flexibility index (Phi) is 10.2. The lowest BCUT2D eigenvalue weighted by Gasteiger charge is -2.23. The normalized spacial score (nSPS) is 18.1. The van der Waals surface area contributed by atoms with Crippen LogP contribution in [-0.2, 0) is 0 Å². The summed E-state index contributed by atoms with van der Waals surface area (Å²) >= 11 is 0. The lowest BCUT2D eigenvalue weighted by atomic mass is 9.92. The minimum Gasteiger partial charge on any atom is -0.386 e. The van der Waals surface area contributed by atoms with Crippen molar-refractivity contribution < 1.29 is 10.2 Å². The van der Waals surface area contributed by atoms with Crippen LogP contribution in [0.3, 0.4) is 0 Å². The highest BCUT2D eigenvalue weighted by Gasteiger charge is 2.20. The number of hydrogen-bond acceptors (Lipinski definition) is 2. The first-order chi connectivity index (χ1) is 9.33. The fraction of sp³-hybridized carbons (Fsp3) is 0.889. The van der Waals surface area contributed by atoms with Crippen molar-refractivity contribution >= 4 is 0 Å². The Labute approximate surface area is 126 Å². The van der Waals surface area contributed by atoms with Gasteiger partial charge in [-0.2, -0.15) is 0 Å². The van der Waals surface area contributed by atoms with Crippen LogP contribution < -0.4 is 0 Å². The van der Waals surface area contributed by atoms with Crippen molar-refractivity contribution in [1.29, 1.82) is 0 Å². The van der Waals surface area contributed by atoms with E-state index in [4.69, 9.17) is 0 Å². The van der Waals surface area contributed by atoms with Gasteiger partial charge in [0.15, 0.2) is 0 Å². The molecule has 0 rings (SSSR count). The van der Waals surface area contributed by atoms with Gasteiger partial charge in [-0.15, -0.1) is 0 Å². The molecule has 2 N–H and O–H groups in total. The molecule has 0 saturated heterocycles. The van der Waals surface area contributed by atoms with Gasteiger partial charge in [0.25, 0.3) is 0 Å². The predicted octanol–water partition coefficient (Wildman–Crippen LogP) is 4.99. The molecule has 0 aromatic carbocycles. The van der Waals surface area contributed by atoms with Gasteiger partial charge in [0.05, 0.1) is 11.2 Å². The Morgan fingerprint density at radius 2 is 1.00 bits per heavy atom. The van der Waals surface area contributed by atoms with Crippen LogP contribution in [0.1, 0.15) is 91.9 Å². The van der Waals surface area contributed by atoms with E-state index < -0.39 is 11.2 Å². The quantitative estimate of drug-likeness (QED) is 0.392. The summed E-state index contributed by atoms with van der Waals surface area (Å²) in [6.45, 7) is 8.05. The monoisotopic (exact) mass is 284 g/mol. The third kappa shape index (κ3) is 11.5. The summed E-state index contributed by atoms with van der Waals surface area (Å²) in [6, 6.07) is 0. The van der Waals surface area contributed by atoms with E-state index >= 15 is 0 Å². The molecule has 0 heterocycles. The minimum absolute atomic E-state index is 0.773. The number of rotatable bonds is 12. The highest BCUT2D eigenvalue weighted by molar-refractivity contribution is 5.06. The van der Waals surface area contributed by atoms with Crippen LogP contribution >= 0.6 is 0 Å². The van der Waals surface area contributed by atoms with Crippen molar-refractivity contribution in [2.45, 2.75) is 103 Å². The van der Waals surface area contributed by atoms with Gasteiger partial charge >= 0.3 is 0 Å². The van der Waals surface area contributed by atoms with Crippen LogP contribution in [0.4, 0.5) is 0 Å². The molecule has 0 fully saturated rings. The zero-order valence-corrected chi connectivity index (χ0v) is 14.1. The maximum Gasteiger partial charge on any atom is 0.0800 e. The van der Waals surface area contributed by atoms with Gasteiger partial charge in [0, 0.05) is 0 Å². The van der Waals surface area contributed by atoms with Gasteiger partial charge in [-0.1, -0.05) is 77.4 Å². The summed E-state index contributed by atoms with van der Waals surface area (Å²) in [6.07, 6.45) is 14.5. The van der Waals surface area contributed by atoms with E-state index in [-0.39, 0.29) is 0 Å². The van der Waals surface area contributed by atoms with E-state index in [1.165, 1.54) is 38.5 Å². The van der Waals surface area contributed by atoms with Crippen LogP contribution in [0, 0.1) is 0 Å². The van der Waals surface area contributed by atoms with E-state index in [2.05, 4.69) is 13.8 Å². The predicted molar refractivity (Wildman–Crippen MR) is 87.9 cm³/mol. The van der Waals surface area contributed by atoms with Gasteiger partial charge in [-0.25, -0.2) is 0 Å². The Hall–Kier alpha value is -0.340. The van der Waals surface area contributed by atoms with Crippen molar-refractivity contribution in [3.63, 3.8) is 0 Å². The van der Waals surface area contributed by atoms with E-state index in [1.54, 1.807) is 12.2 Å². The zero-order valence-electron chi connectivity index (χ0n) is 14.1. The van der Waals surface area contributed by atoms with E-state index in [0.717, 1.165) is 25.7 Å². The summed E-state index contributed by atoms with van der Waals surface area (Å²) in [5.41, 5.74) is -1.58. The van der Waals surface area contributed by atoms with Crippen LogP contribution in [0.2, 0.25) is 0 Å². The van der Waals surface area contributed by atoms with Crippen molar-refractivity contribution in [3.05, 3.63) is 12.2 Å². The van der Waals surface area contributed by atoms with Crippen molar-refractivity contribution in [3.8, 4) is 0 Å². The maximum atomic E-state index is 10.3. The molecule has 0 radical (unpaired) electrons. The SMILES string of the molecule is CCCCCCC(C)(O)C=CC(C)(O)CCCCCC. The Bertz CT molecular complexity index is 228. The molecule has 20 heavy (non-hydrogen) atoms. The molecule has 0 aliphatic carbocycles. The van der Waals surface area contributed by atoms with Crippen molar-refractivity contribution in [2.24, 2.45) is 0 Å². The first-order valence-electron chi connectivity index (χ1n) is 8.48. The molecule has 120 valence electrons. The molecule has 0 aromatic heterocycles. The van der Waals surface area contributed by atoms with Crippen LogP contribution in [0.25, 0.3) is 0 Å². The fourth-order valence-corrected chi connectivity index (χ4v) is 2.35. The maximum absolute atomic E-state index is 10.3. The van der Waals surface area contributed by atoms with E-state index in [0.29, 0.717) is 0 Å². The minimum atomic E-state index is -0.791. The first-order valence-corrected chi connectivity index (χ1v) is 8.48. The topological polar surface area (TPSA) is 40.5 Å². The van der Waals surface area contributed by atoms with Gasteiger partial charge in [0.1, 0.15) is 0 Å². The van der Waals surface area contributed by atoms with Gasteiger partial charge in [-0.3, -0.25) is 0 Å². The molecule has 0 aliphatic rings. The molecule has 2 heteroatoms. The smallest absolute Gasteiger partial charge is 0.0800 e. The Balaban J connectivity index is 4.07. The molecule has 2 unspecified atom stereocenters. The lowest BCUT2D eigenvalue weighted by molar-refractivity contribution is 0.0805. The van der Waals surface area contributed by atoms with Crippen molar-refractivity contribution in [1.82, 2.24) is 0 Å². The molecule has 2 atom stereocenters. The van der Waals surface area contributed by atoms with E-state index in [9.17, 15) is 10.2 Å². The zero-order chi connectivity index (χ0) is 15.5. The highest BCUT2D eigenvalue weighted by Crippen LogP contribution is 2.21. The van der Waals surface area contributed by atoms with E-state index in [1.807, 2.05) is 13.8 Å². The van der Waals surface area contributed by atoms with Crippen LogP contribution in [0.15, 0.2) is 12.2 Å². The summed E-state index contributed by atoms with van der Waals surface area (Å²) in [5.74, 6) is 0. The molecule has 0 spiro atoms. The van der Waals surface area contributed by atoms with Gasteiger partial charge < -0.3 is 10.2 Å². The van der Waals surface area contributed by atoms with Gasteiger partial charge in [0.2, 0.25) is 0 Å². The third-order valence-electron chi connectivity index (χ3n) is 3.87. The lowest BCUT2D eigenvalue weighted by Crippen LogP contribution is -2.25. The number of hydrogen-bond donors (Lipinski definition) is 2. The molecular formula is C18H36O2. The molecular weight excluding hydrogens is 248 g/mol. The van der Waals surface area contributed by atoms with Gasteiger partial charge in [-0.05, 0) is 26.7 Å². The average molecular weight is 284 g/mol. The molecule has 0 aromatic rings. The average Bonchev–Trinajstić information content (AvgIpc) is 2.38. The first kappa shape index (κ1) is 19.7. The molecule has 0 amide bonds. The largest absolute Gasteiger partial charge is 0.386 e. The van der Waals surface area contributed by atoms with Crippen LogP contribution in [0.5, 0.6) is 0 Å². The second kappa shape index (κ2) is 10.4. The molecule has 2 nitrogen and oxygen atoms in total. The fourth-order valence-electron chi connectivity index (χ4n) is 2.35. The number of unbranched alkanes of at least 4 members (excludes halogenated alkanes) is 6. The second-order valence-electron chi connectivity index (χ2n) is 6.67. The summed E-state index contributed by atoms with van der Waals surface area (Å²) in [5, 5.41) is 20.6. The Morgan fingerprint density at radius 1 is 0.650 bits per heavy atom. The Morgan fingerprint density at radius 3 is 1.30 bits per heavy atom. The van der Waals surface area contributed by atoms with Crippen LogP contribution in [-0.4, -0.2) is 21.4 Å². The molecule has 0 saturated carbocycles. The second-order valence-corrected chi connectivity index (χ2v) is 6.67. The van der Waals surface area contributed by atoms with Crippen molar-refractivity contribution in [2.75, 3.05) is 0 Å².